The summed E-state index contributed by atoms with van der Waals surface area (Å²) in [6.45, 7) is -0.576. The molecule has 14 heavy (non-hydrogen) atoms. The van der Waals surface area contributed by atoms with Crippen molar-refractivity contribution in [2.45, 2.75) is 12.2 Å². The van der Waals surface area contributed by atoms with E-state index in [9.17, 15) is 5.11 Å². The number of hydrogen-bond donors (Lipinski definition) is 4. The fraction of sp³-hybridized carbons (Fsp3) is 0.333. The molecule has 1 aromatic rings. The lowest BCUT2D eigenvalue weighted by molar-refractivity contribution is -0.0152. The molecular weight excluding hydrogens is 208 g/mol. The van der Waals surface area contributed by atoms with E-state index in [4.69, 9.17) is 26.9 Å². The van der Waals surface area contributed by atoms with E-state index in [0.29, 0.717) is 0 Å². The van der Waals surface area contributed by atoms with Gasteiger partial charge in [0.1, 0.15) is 18.0 Å². The highest BCUT2D eigenvalue weighted by Crippen LogP contribution is 2.28. The van der Waals surface area contributed by atoms with Gasteiger partial charge in [0.2, 0.25) is 0 Å². The van der Waals surface area contributed by atoms with Gasteiger partial charge in [-0.1, -0.05) is 11.6 Å². The number of aliphatic hydroxyl groups is 3. The largest absolute Gasteiger partial charge is 0.508 e. The average molecular weight is 219 g/mol. The van der Waals surface area contributed by atoms with Gasteiger partial charge in [-0.2, -0.15) is 0 Å². The van der Waals surface area contributed by atoms with Crippen LogP contribution in [-0.2, 0) is 0 Å². The van der Waals surface area contributed by atoms with Crippen LogP contribution < -0.4 is 0 Å². The molecule has 0 heterocycles. The minimum absolute atomic E-state index is 0.0615. The summed E-state index contributed by atoms with van der Waals surface area (Å²) in [6.07, 6.45) is -2.62. The monoisotopic (exact) mass is 218 g/mol. The van der Waals surface area contributed by atoms with Crippen molar-refractivity contribution in [3.63, 3.8) is 0 Å². The molecular formula is C9H11ClO4. The maximum atomic E-state index is 9.49. The van der Waals surface area contributed by atoms with Crippen LogP contribution in [0.5, 0.6) is 5.75 Å². The minimum atomic E-state index is -1.31. The Morgan fingerprint density at radius 3 is 2.50 bits per heavy atom. The van der Waals surface area contributed by atoms with Gasteiger partial charge < -0.3 is 20.4 Å². The van der Waals surface area contributed by atoms with Gasteiger partial charge in [-0.25, -0.2) is 0 Å². The van der Waals surface area contributed by atoms with Crippen molar-refractivity contribution in [3.05, 3.63) is 28.8 Å². The predicted molar refractivity (Wildman–Crippen MR) is 51.2 cm³/mol. The Morgan fingerprint density at radius 2 is 1.93 bits per heavy atom. The Bertz CT molecular complexity index is 316. The number of phenolic OH excluding ortho intramolecular Hbond substituents is 1. The van der Waals surface area contributed by atoms with Crippen LogP contribution in [0, 0.1) is 0 Å². The number of aliphatic hydroxyl groups excluding tert-OH is 3. The second kappa shape index (κ2) is 4.61. The van der Waals surface area contributed by atoms with Crippen LogP contribution in [0.3, 0.4) is 0 Å². The van der Waals surface area contributed by atoms with Crippen LogP contribution in [0.15, 0.2) is 18.2 Å². The van der Waals surface area contributed by atoms with Crippen molar-refractivity contribution in [1.82, 2.24) is 0 Å². The third-order valence-corrected chi connectivity index (χ3v) is 2.19. The Hall–Kier alpha value is -0.810. The quantitative estimate of drug-likeness (QED) is 0.593. The predicted octanol–water partition coefficient (Wildman–Crippen LogP) is 0.432. The second-order valence-corrected chi connectivity index (χ2v) is 3.31. The highest BCUT2D eigenvalue weighted by atomic mass is 35.5. The first kappa shape index (κ1) is 11.3. The zero-order valence-electron chi connectivity index (χ0n) is 7.26. The molecule has 0 fully saturated rings. The summed E-state index contributed by atoms with van der Waals surface area (Å²) in [6, 6.07) is 4.01. The van der Waals surface area contributed by atoms with Crippen molar-refractivity contribution >= 4 is 11.6 Å². The third kappa shape index (κ3) is 2.36. The summed E-state index contributed by atoms with van der Waals surface area (Å²) in [5.74, 6) is -0.0615. The average Bonchev–Trinajstić information content (AvgIpc) is 2.19. The molecule has 78 valence electrons. The first-order valence-corrected chi connectivity index (χ1v) is 4.39. The molecule has 4 nitrogen and oxygen atoms in total. The van der Waals surface area contributed by atoms with Gasteiger partial charge in [-0.15, -0.1) is 0 Å². The number of halogens is 1. The van der Waals surface area contributed by atoms with Crippen LogP contribution in [0.4, 0.5) is 0 Å². The highest BCUT2D eigenvalue weighted by molar-refractivity contribution is 6.31. The molecule has 0 aliphatic carbocycles. The Labute approximate surface area is 86.0 Å². The first-order chi connectivity index (χ1) is 6.56. The van der Waals surface area contributed by atoms with Crippen LogP contribution in [0.2, 0.25) is 5.02 Å². The fourth-order valence-electron chi connectivity index (χ4n) is 1.06. The molecule has 0 aromatic heterocycles. The highest BCUT2D eigenvalue weighted by Gasteiger charge is 2.20. The van der Waals surface area contributed by atoms with Crippen molar-refractivity contribution in [2.75, 3.05) is 6.61 Å². The SMILES string of the molecule is OCC(O)C(O)c1cc(O)ccc1Cl. The van der Waals surface area contributed by atoms with Gasteiger partial charge in [-0.05, 0) is 18.2 Å². The van der Waals surface area contributed by atoms with Crippen molar-refractivity contribution < 1.29 is 20.4 Å². The summed E-state index contributed by atoms with van der Waals surface area (Å²) in [5.41, 5.74) is 0.188. The van der Waals surface area contributed by atoms with Crippen molar-refractivity contribution in [1.29, 1.82) is 0 Å². The van der Waals surface area contributed by atoms with E-state index in [0.717, 1.165) is 0 Å². The molecule has 0 spiro atoms. The number of hydrogen-bond acceptors (Lipinski definition) is 4. The molecule has 0 saturated carbocycles. The van der Waals surface area contributed by atoms with Gasteiger partial charge in [0.15, 0.2) is 0 Å². The Balaban J connectivity index is 2.99. The summed E-state index contributed by atoms with van der Waals surface area (Å²) in [5, 5.41) is 36.6. The first-order valence-electron chi connectivity index (χ1n) is 4.01. The second-order valence-electron chi connectivity index (χ2n) is 2.90. The van der Waals surface area contributed by atoms with E-state index < -0.39 is 18.8 Å². The summed E-state index contributed by atoms with van der Waals surface area (Å²) in [7, 11) is 0. The van der Waals surface area contributed by atoms with E-state index in [1.807, 2.05) is 0 Å². The van der Waals surface area contributed by atoms with Gasteiger partial charge in [0, 0.05) is 10.6 Å². The summed E-state index contributed by atoms with van der Waals surface area (Å²) in [4.78, 5) is 0. The molecule has 1 aromatic carbocycles. The Morgan fingerprint density at radius 1 is 1.29 bits per heavy atom. The summed E-state index contributed by atoms with van der Waals surface area (Å²) < 4.78 is 0. The molecule has 0 aliphatic heterocycles. The number of aromatic hydroxyl groups is 1. The molecule has 4 N–H and O–H groups in total. The maximum Gasteiger partial charge on any atom is 0.116 e. The van der Waals surface area contributed by atoms with E-state index in [1.165, 1.54) is 18.2 Å². The molecule has 0 radical (unpaired) electrons. The molecule has 2 unspecified atom stereocenters. The molecule has 0 aliphatic rings. The molecule has 1 rings (SSSR count). The summed E-state index contributed by atoms with van der Waals surface area (Å²) >= 11 is 5.73. The van der Waals surface area contributed by atoms with E-state index in [2.05, 4.69) is 0 Å². The number of benzene rings is 1. The van der Waals surface area contributed by atoms with Crippen LogP contribution in [-0.4, -0.2) is 33.1 Å². The molecule has 5 heteroatoms. The van der Waals surface area contributed by atoms with E-state index >= 15 is 0 Å². The zero-order chi connectivity index (χ0) is 10.7. The minimum Gasteiger partial charge on any atom is -0.508 e. The van der Waals surface area contributed by atoms with Crippen LogP contribution >= 0.6 is 11.6 Å². The maximum absolute atomic E-state index is 9.49. The normalized spacial score (nSPS) is 15.1. The van der Waals surface area contributed by atoms with E-state index in [1.54, 1.807) is 0 Å². The smallest absolute Gasteiger partial charge is 0.116 e. The molecule has 0 bridgehead atoms. The lowest BCUT2D eigenvalue weighted by atomic mass is 10.0. The molecule has 2 atom stereocenters. The van der Waals surface area contributed by atoms with Crippen molar-refractivity contribution in [2.24, 2.45) is 0 Å². The number of phenols is 1. The molecule has 0 amide bonds. The van der Waals surface area contributed by atoms with Crippen LogP contribution in [0.1, 0.15) is 11.7 Å². The number of rotatable bonds is 3. The Kier molecular flexibility index (Phi) is 3.71. The van der Waals surface area contributed by atoms with Gasteiger partial charge in [-0.3, -0.25) is 0 Å². The lowest BCUT2D eigenvalue weighted by Crippen LogP contribution is -2.22. The van der Waals surface area contributed by atoms with Crippen LogP contribution in [0.25, 0.3) is 0 Å². The standard InChI is InChI=1S/C9H11ClO4/c10-7-2-1-5(12)3-6(7)9(14)8(13)4-11/h1-3,8-9,11-14H,4H2. The lowest BCUT2D eigenvalue weighted by Gasteiger charge is -2.17. The zero-order valence-corrected chi connectivity index (χ0v) is 8.02. The van der Waals surface area contributed by atoms with Gasteiger partial charge >= 0.3 is 0 Å². The topological polar surface area (TPSA) is 80.9 Å². The fourth-order valence-corrected chi connectivity index (χ4v) is 1.29. The van der Waals surface area contributed by atoms with E-state index in [-0.39, 0.29) is 16.3 Å². The van der Waals surface area contributed by atoms with Gasteiger partial charge in [0.25, 0.3) is 0 Å². The van der Waals surface area contributed by atoms with Gasteiger partial charge in [0.05, 0.1) is 6.61 Å². The third-order valence-electron chi connectivity index (χ3n) is 1.85. The molecule has 0 saturated heterocycles. The van der Waals surface area contributed by atoms with Crippen molar-refractivity contribution in [3.8, 4) is 5.75 Å².